The molecular formula is C24H21Br2NO3S. The van der Waals surface area contributed by atoms with Crippen molar-refractivity contribution in [3.63, 3.8) is 0 Å². The van der Waals surface area contributed by atoms with E-state index in [2.05, 4.69) is 44.0 Å². The number of fused-ring (bicyclic) bond motifs is 1. The van der Waals surface area contributed by atoms with Crippen molar-refractivity contribution in [2.45, 2.75) is 16.6 Å². The zero-order chi connectivity index (χ0) is 22.0. The molecule has 0 amide bonds. The standard InChI is InChI=1S/C24H21Br2NO3S/c1-28-20-9-6-15(25)11-17(20)23-13-19(14-4-8-21(29-2)22(10-14)30-3)27-18-7-5-16(26)12-24(18)31-23/h4-12,23H,13H2,1-3H3. The lowest BCUT2D eigenvalue weighted by Gasteiger charge is -2.19. The van der Waals surface area contributed by atoms with E-state index in [1.807, 2.05) is 42.5 Å². The molecule has 0 spiro atoms. The van der Waals surface area contributed by atoms with Crippen LogP contribution in [0.1, 0.15) is 22.8 Å². The smallest absolute Gasteiger partial charge is 0.161 e. The molecular weight excluding hydrogens is 542 g/mol. The quantitative estimate of drug-likeness (QED) is 0.321. The Morgan fingerprint density at radius 2 is 1.48 bits per heavy atom. The van der Waals surface area contributed by atoms with Crippen molar-refractivity contribution in [1.29, 1.82) is 0 Å². The Bertz CT molecular complexity index is 1150. The zero-order valence-electron chi connectivity index (χ0n) is 17.3. The number of nitrogens with zero attached hydrogens (tertiary/aromatic N) is 1. The Labute approximate surface area is 203 Å². The van der Waals surface area contributed by atoms with Crippen LogP contribution in [-0.2, 0) is 0 Å². The molecule has 1 atom stereocenters. The van der Waals surface area contributed by atoms with E-state index in [1.165, 1.54) is 0 Å². The van der Waals surface area contributed by atoms with Gasteiger partial charge in [0.2, 0.25) is 0 Å². The lowest BCUT2D eigenvalue weighted by Crippen LogP contribution is -2.07. The summed E-state index contributed by atoms with van der Waals surface area (Å²) in [5.74, 6) is 2.25. The molecule has 0 aliphatic carbocycles. The molecule has 0 saturated heterocycles. The van der Waals surface area contributed by atoms with Crippen LogP contribution in [0.3, 0.4) is 0 Å². The van der Waals surface area contributed by atoms with Gasteiger partial charge in [0.25, 0.3) is 0 Å². The molecule has 0 saturated carbocycles. The maximum Gasteiger partial charge on any atom is 0.161 e. The van der Waals surface area contributed by atoms with Crippen LogP contribution in [0.5, 0.6) is 17.2 Å². The number of hydrogen-bond donors (Lipinski definition) is 0. The number of rotatable bonds is 5. The third kappa shape index (κ3) is 4.78. The van der Waals surface area contributed by atoms with E-state index >= 15 is 0 Å². The average molecular weight is 563 g/mol. The summed E-state index contributed by atoms with van der Waals surface area (Å²) in [6.07, 6.45) is 0.735. The Balaban J connectivity index is 1.85. The minimum atomic E-state index is 0.120. The number of thioether (sulfide) groups is 1. The summed E-state index contributed by atoms with van der Waals surface area (Å²) in [5.41, 5.74) is 4.08. The summed E-state index contributed by atoms with van der Waals surface area (Å²) in [4.78, 5) is 6.18. The highest BCUT2D eigenvalue weighted by Crippen LogP contribution is 2.49. The Kier molecular flexibility index (Phi) is 6.94. The maximum absolute atomic E-state index is 5.69. The third-order valence-corrected chi connectivity index (χ3v) is 7.35. The van der Waals surface area contributed by atoms with Crippen molar-refractivity contribution >= 4 is 55.0 Å². The van der Waals surface area contributed by atoms with E-state index in [-0.39, 0.29) is 5.25 Å². The fourth-order valence-electron chi connectivity index (χ4n) is 3.56. The monoisotopic (exact) mass is 561 g/mol. The van der Waals surface area contributed by atoms with Crippen molar-refractivity contribution < 1.29 is 14.2 Å². The Hall–Kier alpha value is -1.96. The van der Waals surface area contributed by atoms with Gasteiger partial charge in [0.1, 0.15) is 5.75 Å². The first-order valence-corrected chi connectivity index (χ1v) is 12.1. The lowest BCUT2D eigenvalue weighted by atomic mass is 10.00. The first kappa shape index (κ1) is 22.2. The number of methoxy groups -OCH3 is 3. The highest BCUT2D eigenvalue weighted by Gasteiger charge is 2.26. The van der Waals surface area contributed by atoms with Crippen LogP contribution < -0.4 is 14.2 Å². The van der Waals surface area contributed by atoms with Crippen molar-refractivity contribution in [2.75, 3.05) is 21.3 Å². The zero-order valence-corrected chi connectivity index (χ0v) is 21.3. The van der Waals surface area contributed by atoms with Gasteiger partial charge in [0.05, 0.1) is 27.0 Å². The van der Waals surface area contributed by atoms with Crippen LogP contribution in [-0.4, -0.2) is 27.0 Å². The molecule has 1 unspecified atom stereocenters. The predicted octanol–water partition coefficient (Wildman–Crippen LogP) is 7.60. The molecule has 1 aliphatic heterocycles. The molecule has 31 heavy (non-hydrogen) atoms. The topological polar surface area (TPSA) is 40.0 Å². The van der Waals surface area contributed by atoms with E-state index < -0.39 is 0 Å². The molecule has 1 heterocycles. The molecule has 0 bridgehead atoms. The molecule has 4 nitrogen and oxygen atoms in total. The summed E-state index contributed by atoms with van der Waals surface area (Å²) in [5, 5.41) is 0.120. The summed E-state index contributed by atoms with van der Waals surface area (Å²) in [6.45, 7) is 0. The van der Waals surface area contributed by atoms with Gasteiger partial charge in [-0.3, -0.25) is 4.99 Å². The average Bonchev–Trinajstić information content (AvgIpc) is 2.97. The normalized spacial score (nSPS) is 15.5. The van der Waals surface area contributed by atoms with Crippen molar-refractivity contribution in [2.24, 2.45) is 4.99 Å². The largest absolute Gasteiger partial charge is 0.496 e. The van der Waals surface area contributed by atoms with Gasteiger partial charge in [-0.05, 0) is 60.2 Å². The lowest BCUT2D eigenvalue weighted by molar-refractivity contribution is 0.355. The highest BCUT2D eigenvalue weighted by atomic mass is 79.9. The number of ether oxygens (including phenoxy) is 3. The molecule has 0 aromatic heterocycles. The highest BCUT2D eigenvalue weighted by molar-refractivity contribution is 9.10. The predicted molar refractivity (Wildman–Crippen MR) is 134 cm³/mol. The van der Waals surface area contributed by atoms with Gasteiger partial charge >= 0.3 is 0 Å². The van der Waals surface area contributed by atoms with Gasteiger partial charge in [0, 0.05) is 36.8 Å². The molecule has 3 aromatic carbocycles. The maximum atomic E-state index is 5.69. The van der Waals surface area contributed by atoms with Crippen LogP contribution in [0.25, 0.3) is 0 Å². The van der Waals surface area contributed by atoms with Crippen molar-refractivity contribution in [1.82, 2.24) is 0 Å². The molecule has 0 fully saturated rings. The van der Waals surface area contributed by atoms with E-state index in [1.54, 1.807) is 33.1 Å². The number of aliphatic imine (C=N–C) groups is 1. The van der Waals surface area contributed by atoms with Gasteiger partial charge in [-0.15, -0.1) is 11.8 Å². The first-order valence-electron chi connectivity index (χ1n) is 9.62. The fraction of sp³-hybridized carbons (Fsp3) is 0.208. The Morgan fingerprint density at radius 1 is 0.806 bits per heavy atom. The van der Waals surface area contributed by atoms with Crippen molar-refractivity contribution in [3.05, 3.63) is 74.7 Å². The Morgan fingerprint density at radius 3 is 2.23 bits per heavy atom. The molecule has 160 valence electrons. The van der Waals surface area contributed by atoms with Crippen LogP contribution in [0.4, 0.5) is 5.69 Å². The number of hydrogen-bond acceptors (Lipinski definition) is 5. The van der Waals surface area contributed by atoms with Gasteiger partial charge in [-0.25, -0.2) is 0 Å². The SMILES string of the molecule is COc1ccc(C2=Nc3ccc(Br)cc3SC(c3cc(Br)ccc3OC)C2)cc1OC. The minimum absolute atomic E-state index is 0.120. The molecule has 4 rings (SSSR count). The summed E-state index contributed by atoms with van der Waals surface area (Å²) in [6, 6.07) is 18.3. The first-order chi connectivity index (χ1) is 15.0. The van der Waals surface area contributed by atoms with Crippen LogP contribution in [0.15, 0.2) is 73.4 Å². The van der Waals surface area contributed by atoms with Crippen LogP contribution in [0.2, 0.25) is 0 Å². The van der Waals surface area contributed by atoms with Gasteiger partial charge in [-0.2, -0.15) is 0 Å². The van der Waals surface area contributed by atoms with Gasteiger partial charge in [0.15, 0.2) is 11.5 Å². The van der Waals surface area contributed by atoms with E-state index in [4.69, 9.17) is 19.2 Å². The van der Waals surface area contributed by atoms with E-state index in [0.717, 1.165) is 48.5 Å². The summed E-state index contributed by atoms with van der Waals surface area (Å²) in [7, 11) is 5.00. The van der Waals surface area contributed by atoms with Crippen LogP contribution >= 0.6 is 43.6 Å². The van der Waals surface area contributed by atoms with E-state index in [0.29, 0.717) is 11.5 Å². The second-order valence-corrected chi connectivity index (χ2v) is 10.0. The van der Waals surface area contributed by atoms with E-state index in [9.17, 15) is 0 Å². The number of halogens is 2. The molecule has 7 heteroatoms. The third-order valence-electron chi connectivity index (χ3n) is 5.08. The molecule has 1 aliphatic rings. The molecule has 0 N–H and O–H groups in total. The summed E-state index contributed by atoms with van der Waals surface area (Å²) >= 11 is 9.02. The van der Waals surface area contributed by atoms with Crippen LogP contribution in [0, 0.1) is 0 Å². The minimum Gasteiger partial charge on any atom is -0.496 e. The van der Waals surface area contributed by atoms with Crippen molar-refractivity contribution in [3.8, 4) is 17.2 Å². The molecule has 3 aromatic rings. The molecule has 0 radical (unpaired) electrons. The summed E-state index contributed by atoms with van der Waals surface area (Å²) < 4.78 is 18.7. The fourth-order valence-corrected chi connectivity index (χ4v) is 5.74. The second kappa shape index (κ2) is 9.67. The number of benzene rings is 3. The second-order valence-electron chi connectivity index (χ2n) is 6.94. The van der Waals surface area contributed by atoms with Gasteiger partial charge in [-0.1, -0.05) is 31.9 Å². The van der Waals surface area contributed by atoms with Gasteiger partial charge < -0.3 is 14.2 Å².